The molecule has 10 heteroatoms. The molecule has 0 saturated carbocycles. The number of rotatable bonds is 7. The highest BCUT2D eigenvalue weighted by atomic mass is 19.1. The SMILES string of the molecule is C[C@H](Nc1cc(C(N)=O)nc(N2C3CCC2CC(Oc2ccc(F)cc2)C3)n1)C(N)=O. The molecule has 0 aliphatic carbocycles. The summed E-state index contributed by atoms with van der Waals surface area (Å²) in [5, 5.41) is 2.90. The molecule has 3 heterocycles. The van der Waals surface area contributed by atoms with Gasteiger partial charge < -0.3 is 26.4 Å². The van der Waals surface area contributed by atoms with E-state index in [1.165, 1.54) is 18.2 Å². The quantitative estimate of drug-likeness (QED) is 0.609. The van der Waals surface area contributed by atoms with E-state index >= 15 is 0 Å². The second-order valence-corrected chi connectivity index (χ2v) is 8.03. The van der Waals surface area contributed by atoms with E-state index in [0.29, 0.717) is 17.5 Å². The van der Waals surface area contributed by atoms with E-state index in [1.807, 2.05) is 0 Å². The zero-order valence-corrected chi connectivity index (χ0v) is 17.1. The van der Waals surface area contributed by atoms with Gasteiger partial charge in [-0.3, -0.25) is 9.59 Å². The van der Waals surface area contributed by atoms with Crippen molar-refractivity contribution in [3.05, 3.63) is 41.8 Å². The first-order valence-electron chi connectivity index (χ1n) is 10.3. The van der Waals surface area contributed by atoms with E-state index in [-0.39, 0.29) is 29.7 Å². The molecule has 1 aromatic carbocycles. The highest BCUT2D eigenvalue weighted by Gasteiger charge is 2.43. The van der Waals surface area contributed by atoms with Crippen LogP contribution in [0.25, 0.3) is 0 Å². The smallest absolute Gasteiger partial charge is 0.267 e. The number of anilines is 2. The molecular weight excluding hydrogens is 403 g/mol. The fourth-order valence-electron chi connectivity index (χ4n) is 4.30. The van der Waals surface area contributed by atoms with Crippen LogP contribution < -0.4 is 26.4 Å². The van der Waals surface area contributed by atoms with Crippen LogP contribution in [0.15, 0.2) is 30.3 Å². The largest absolute Gasteiger partial charge is 0.490 e. The lowest BCUT2D eigenvalue weighted by molar-refractivity contribution is -0.118. The van der Waals surface area contributed by atoms with Crippen LogP contribution in [-0.4, -0.2) is 46.0 Å². The Hall–Kier alpha value is -3.43. The fourth-order valence-corrected chi connectivity index (χ4v) is 4.30. The summed E-state index contributed by atoms with van der Waals surface area (Å²) in [5.74, 6) is -0.181. The Kier molecular flexibility index (Phi) is 5.62. The molecule has 1 aromatic heterocycles. The predicted molar refractivity (Wildman–Crippen MR) is 112 cm³/mol. The number of carbonyl (C=O) groups is 2. The number of hydrogen-bond donors (Lipinski definition) is 3. The molecule has 164 valence electrons. The van der Waals surface area contributed by atoms with E-state index < -0.39 is 17.9 Å². The third kappa shape index (κ3) is 4.52. The van der Waals surface area contributed by atoms with Crippen molar-refractivity contribution in [1.29, 1.82) is 0 Å². The number of nitrogens with zero attached hydrogens (tertiary/aromatic N) is 3. The van der Waals surface area contributed by atoms with E-state index in [0.717, 1.165) is 25.7 Å². The summed E-state index contributed by atoms with van der Waals surface area (Å²) in [7, 11) is 0. The first kappa shape index (κ1) is 20.8. The van der Waals surface area contributed by atoms with E-state index in [9.17, 15) is 14.0 Å². The molecule has 2 saturated heterocycles. The predicted octanol–water partition coefficient (Wildman–Crippen LogP) is 1.58. The van der Waals surface area contributed by atoms with Crippen molar-refractivity contribution in [3.63, 3.8) is 0 Å². The number of benzene rings is 1. The Morgan fingerprint density at radius 1 is 1.16 bits per heavy atom. The van der Waals surface area contributed by atoms with Gasteiger partial charge in [-0.1, -0.05) is 0 Å². The second kappa shape index (κ2) is 8.37. The third-order valence-corrected chi connectivity index (χ3v) is 5.80. The molecule has 0 radical (unpaired) electrons. The summed E-state index contributed by atoms with van der Waals surface area (Å²) < 4.78 is 19.2. The van der Waals surface area contributed by atoms with Crippen LogP contribution in [-0.2, 0) is 4.79 Å². The molecule has 5 N–H and O–H groups in total. The molecule has 2 amide bonds. The normalized spacial score (nSPS) is 23.3. The maximum Gasteiger partial charge on any atom is 0.267 e. The Bertz CT molecular complexity index is 972. The number of hydrogen-bond acceptors (Lipinski definition) is 7. The number of nitrogens with one attached hydrogen (secondary N) is 1. The van der Waals surface area contributed by atoms with Gasteiger partial charge in [0.25, 0.3) is 5.91 Å². The number of aromatic nitrogens is 2. The van der Waals surface area contributed by atoms with Crippen molar-refractivity contribution in [2.75, 3.05) is 10.2 Å². The summed E-state index contributed by atoms with van der Waals surface area (Å²) in [4.78, 5) is 34.2. The van der Waals surface area contributed by atoms with Crippen LogP contribution in [0.2, 0.25) is 0 Å². The number of carbonyl (C=O) groups excluding carboxylic acids is 2. The van der Waals surface area contributed by atoms with E-state index in [4.69, 9.17) is 16.2 Å². The number of fused-ring (bicyclic) bond motifs is 2. The van der Waals surface area contributed by atoms with Gasteiger partial charge in [-0.2, -0.15) is 4.98 Å². The lowest BCUT2D eigenvalue weighted by atomic mass is 10.00. The average molecular weight is 428 g/mol. The van der Waals surface area contributed by atoms with Crippen LogP contribution in [0.5, 0.6) is 5.75 Å². The second-order valence-electron chi connectivity index (χ2n) is 8.03. The van der Waals surface area contributed by atoms with Crippen molar-refractivity contribution < 1.29 is 18.7 Å². The molecule has 9 nitrogen and oxygen atoms in total. The summed E-state index contributed by atoms with van der Waals surface area (Å²) in [5.41, 5.74) is 10.8. The Morgan fingerprint density at radius 3 is 2.39 bits per heavy atom. The van der Waals surface area contributed by atoms with Gasteiger partial charge in [-0.15, -0.1) is 0 Å². The van der Waals surface area contributed by atoms with Crippen molar-refractivity contribution in [1.82, 2.24) is 9.97 Å². The number of nitrogens with two attached hydrogens (primary N) is 2. The Labute approximate surface area is 179 Å². The fraction of sp³-hybridized carbons (Fsp3) is 0.429. The van der Waals surface area contributed by atoms with Gasteiger partial charge in [0.15, 0.2) is 0 Å². The van der Waals surface area contributed by atoms with Crippen LogP contribution in [0, 0.1) is 5.82 Å². The number of amides is 2. The van der Waals surface area contributed by atoms with Crippen molar-refractivity contribution in [3.8, 4) is 5.75 Å². The minimum absolute atomic E-state index is 0.00832. The van der Waals surface area contributed by atoms with Gasteiger partial charge in [-0.05, 0) is 44.0 Å². The maximum atomic E-state index is 13.1. The van der Waals surface area contributed by atoms with E-state index in [1.54, 1.807) is 19.1 Å². The summed E-state index contributed by atoms with van der Waals surface area (Å²) >= 11 is 0. The minimum atomic E-state index is -0.680. The van der Waals surface area contributed by atoms with Gasteiger partial charge in [0.2, 0.25) is 11.9 Å². The van der Waals surface area contributed by atoms with Gasteiger partial charge in [0.05, 0.1) is 0 Å². The molecular formula is C21H25FN6O3. The van der Waals surface area contributed by atoms with Gasteiger partial charge in [-0.25, -0.2) is 9.37 Å². The van der Waals surface area contributed by atoms with Crippen molar-refractivity contribution in [2.45, 2.75) is 56.8 Å². The number of halogens is 1. The number of ether oxygens (including phenoxy) is 1. The molecule has 2 aliphatic heterocycles. The van der Waals surface area contributed by atoms with Crippen LogP contribution in [0.1, 0.15) is 43.1 Å². The van der Waals surface area contributed by atoms with Crippen LogP contribution in [0.4, 0.5) is 16.2 Å². The molecule has 2 bridgehead atoms. The standard InChI is InChI=1S/C21H25FN6O3/c1-11(19(23)29)25-18-10-17(20(24)30)26-21(27-18)28-13-4-5-14(28)9-16(8-13)31-15-6-2-12(22)3-7-15/h2-3,6-7,10-11,13-14,16H,4-5,8-9H2,1H3,(H2,23,29)(H2,24,30)(H,25,26,27)/t11-,13?,14?,16?/m0/s1. The van der Waals surface area contributed by atoms with Gasteiger partial charge in [0.1, 0.15) is 35.2 Å². The Morgan fingerprint density at radius 2 is 1.81 bits per heavy atom. The lowest BCUT2D eigenvalue weighted by Gasteiger charge is -2.39. The molecule has 0 spiro atoms. The minimum Gasteiger partial charge on any atom is -0.490 e. The van der Waals surface area contributed by atoms with Gasteiger partial charge >= 0.3 is 0 Å². The summed E-state index contributed by atoms with van der Waals surface area (Å²) in [6.45, 7) is 1.61. The van der Waals surface area contributed by atoms with Crippen molar-refractivity contribution >= 4 is 23.6 Å². The zero-order chi connectivity index (χ0) is 22.1. The third-order valence-electron chi connectivity index (χ3n) is 5.80. The molecule has 4 rings (SSSR count). The van der Waals surface area contributed by atoms with Crippen LogP contribution >= 0.6 is 0 Å². The lowest BCUT2D eigenvalue weighted by Crippen LogP contribution is -2.47. The van der Waals surface area contributed by atoms with Crippen LogP contribution in [0.3, 0.4) is 0 Å². The topological polar surface area (TPSA) is 136 Å². The highest BCUT2D eigenvalue weighted by Crippen LogP contribution is 2.39. The monoisotopic (exact) mass is 428 g/mol. The zero-order valence-electron chi connectivity index (χ0n) is 17.1. The molecule has 2 fully saturated rings. The molecule has 2 aromatic rings. The number of piperidine rings is 1. The Balaban J connectivity index is 1.54. The first-order chi connectivity index (χ1) is 14.8. The molecule has 2 unspecified atom stereocenters. The average Bonchev–Trinajstić information content (AvgIpc) is 3.00. The van der Waals surface area contributed by atoms with Gasteiger partial charge in [0, 0.05) is 31.0 Å². The van der Waals surface area contributed by atoms with Crippen molar-refractivity contribution in [2.24, 2.45) is 11.5 Å². The summed E-state index contributed by atoms with van der Waals surface area (Å²) in [6.07, 6.45) is 3.37. The highest BCUT2D eigenvalue weighted by molar-refractivity contribution is 5.92. The molecule has 3 atom stereocenters. The number of primary amides is 2. The maximum absolute atomic E-state index is 13.1. The molecule has 2 aliphatic rings. The van der Waals surface area contributed by atoms with E-state index in [2.05, 4.69) is 20.2 Å². The summed E-state index contributed by atoms with van der Waals surface area (Å²) in [6, 6.07) is 7.02. The first-order valence-corrected chi connectivity index (χ1v) is 10.3. The molecule has 31 heavy (non-hydrogen) atoms.